The van der Waals surface area contributed by atoms with Crippen LogP contribution in [0, 0.1) is 0 Å². The number of carbonyl (C=O) groups excluding carboxylic acids is 1. The zero-order chi connectivity index (χ0) is 18.1. The van der Waals surface area contributed by atoms with E-state index in [0.717, 1.165) is 35.1 Å². The molecule has 3 N–H and O–H groups in total. The van der Waals surface area contributed by atoms with E-state index in [1.807, 2.05) is 25.1 Å². The minimum absolute atomic E-state index is 0.0158. The lowest BCUT2D eigenvalue weighted by Crippen LogP contribution is -2.34. The molecular formula is C21H21N3O2. The van der Waals surface area contributed by atoms with Crippen molar-refractivity contribution in [1.82, 2.24) is 10.3 Å². The molecule has 4 rings (SSSR count). The average Bonchev–Trinajstić information content (AvgIpc) is 2.68. The Bertz CT molecular complexity index is 931. The number of nitrogen functional groups attached to an aromatic ring is 1. The standard InChI is InChI=1S/C21H21N3O2/c1-13(14-5-3-2-4-6-14)24-21(25)15-7-8-17-16(9-15)12-26-19-11-23-20(22)10-18(17)19/h3,5-11,13H,2,4,12H2,1H3,(H2,22,23)(H,24,25). The lowest BCUT2D eigenvalue weighted by molar-refractivity contribution is 0.0945. The Labute approximate surface area is 152 Å². The highest BCUT2D eigenvalue weighted by atomic mass is 16.5. The maximum atomic E-state index is 12.6. The molecule has 1 aliphatic carbocycles. The Morgan fingerprint density at radius 1 is 1.27 bits per heavy atom. The van der Waals surface area contributed by atoms with Crippen LogP contribution in [0.25, 0.3) is 11.1 Å². The van der Waals surface area contributed by atoms with Gasteiger partial charge in [0.2, 0.25) is 0 Å². The van der Waals surface area contributed by atoms with Gasteiger partial charge in [-0.2, -0.15) is 0 Å². The van der Waals surface area contributed by atoms with E-state index in [4.69, 9.17) is 10.5 Å². The number of benzene rings is 1. The summed E-state index contributed by atoms with van der Waals surface area (Å²) in [6.45, 7) is 2.42. The number of hydrogen-bond acceptors (Lipinski definition) is 4. The second-order valence-corrected chi connectivity index (χ2v) is 6.64. The van der Waals surface area contributed by atoms with E-state index in [0.29, 0.717) is 23.7 Å². The minimum Gasteiger partial charge on any atom is -0.487 e. The van der Waals surface area contributed by atoms with Crippen LogP contribution >= 0.6 is 0 Å². The number of aromatic nitrogens is 1. The fraction of sp³-hybridized carbons (Fsp3) is 0.238. The maximum Gasteiger partial charge on any atom is 0.251 e. The molecule has 1 amide bonds. The van der Waals surface area contributed by atoms with Crippen LogP contribution in [0.1, 0.15) is 35.7 Å². The zero-order valence-electron chi connectivity index (χ0n) is 14.7. The molecule has 2 aliphatic rings. The summed E-state index contributed by atoms with van der Waals surface area (Å²) >= 11 is 0. The van der Waals surface area contributed by atoms with E-state index in [1.165, 1.54) is 0 Å². The summed E-state index contributed by atoms with van der Waals surface area (Å²) in [4.78, 5) is 16.7. The van der Waals surface area contributed by atoms with E-state index in [9.17, 15) is 4.79 Å². The Kier molecular flexibility index (Phi) is 4.21. The van der Waals surface area contributed by atoms with Gasteiger partial charge < -0.3 is 15.8 Å². The summed E-state index contributed by atoms with van der Waals surface area (Å²) in [5.41, 5.74) is 10.5. The van der Waals surface area contributed by atoms with Crippen LogP contribution in [0.3, 0.4) is 0 Å². The number of ether oxygens (including phenoxy) is 1. The SMILES string of the molecule is CC(NC(=O)c1ccc2c(c1)COc1cnc(N)cc1-2)C1=CCCC=C1. The summed E-state index contributed by atoms with van der Waals surface area (Å²) in [5, 5.41) is 3.07. The summed E-state index contributed by atoms with van der Waals surface area (Å²) in [7, 11) is 0. The van der Waals surface area contributed by atoms with Crippen molar-refractivity contribution < 1.29 is 9.53 Å². The highest BCUT2D eigenvalue weighted by molar-refractivity contribution is 5.96. The topological polar surface area (TPSA) is 77.2 Å². The van der Waals surface area contributed by atoms with Gasteiger partial charge in [0, 0.05) is 11.1 Å². The fourth-order valence-corrected chi connectivity index (χ4v) is 3.38. The van der Waals surface area contributed by atoms with Crippen LogP contribution in [0.5, 0.6) is 5.75 Å². The number of rotatable bonds is 3. The van der Waals surface area contributed by atoms with Crippen molar-refractivity contribution in [2.24, 2.45) is 0 Å². The predicted molar refractivity (Wildman–Crippen MR) is 102 cm³/mol. The Balaban J connectivity index is 1.57. The summed E-state index contributed by atoms with van der Waals surface area (Å²) in [5.74, 6) is 1.08. The number of nitrogens with zero attached hydrogens (tertiary/aromatic N) is 1. The number of fused-ring (bicyclic) bond motifs is 3. The third-order valence-corrected chi connectivity index (χ3v) is 4.80. The quantitative estimate of drug-likeness (QED) is 0.889. The summed E-state index contributed by atoms with van der Waals surface area (Å²) < 4.78 is 5.75. The van der Waals surface area contributed by atoms with Crippen LogP contribution < -0.4 is 15.8 Å². The molecule has 2 aromatic rings. The van der Waals surface area contributed by atoms with Gasteiger partial charge in [-0.25, -0.2) is 4.98 Å². The van der Waals surface area contributed by atoms with Crippen molar-refractivity contribution in [1.29, 1.82) is 0 Å². The molecule has 132 valence electrons. The largest absolute Gasteiger partial charge is 0.487 e. The molecule has 1 atom stereocenters. The van der Waals surface area contributed by atoms with Gasteiger partial charge in [0.1, 0.15) is 18.2 Å². The van der Waals surface area contributed by atoms with Crippen molar-refractivity contribution in [2.75, 3.05) is 5.73 Å². The maximum absolute atomic E-state index is 12.6. The Morgan fingerprint density at radius 2 is 2.15 bits per heavy atom. The summed E-state index contributed by atoms with van der Waals surface area (Å²) in [6, 6.07) is 7.48. The number of amides is 1. The number of nitrogens with one attached hydrogen (secondary N) is 1. The Hall–Kier alpha value is -3.08. The second kappa shape index (κ2) is 6.67. The van der Waals surface area contributed by atoms with Gasteiger partial charge in [-0.05, 0) is 54.7 Å². The second-order valence-electron chi connectivity index (χ2n) is 6.64. The van der Waals surface area contributed by atoms with Crippen molar-refractivity contribution in [3.8, 4) is 16.9 Å². The third-order valence-electron chi connectivity index (χ3n) is 4.80. The van der Waals surface area contributed by atoms with Gasteiger partial charge in [0.25, 0.3) is 5.91 Å². The molecular weight excluding hydrogens is 326 g/mol. The lowest BCUT2D eigenvalue weighted by Gasteiger charge is -2.22. The molecule has 5 nitrogen and oxygen atoms in total. The average molecular weight is 347 g/mol. The smallest absolute Gasteiger partial charge is 0.251 e. The monoisotopic (exact) mass is 347 g/mol. The number of carbonyl (C=O) groups is 1. The van der Waals surface area contributed by atoms with E-state index >= 15 is 0 Å². The third kappa shape index (κ3) is 3.08. The summed E-state index contributed by atoms with van der Waals surface area (Å²) in [6.07, 6.45) is 10.1. The van der Waals surface area contributed by atoms with E-state index < -0.39 is 0 Å². The van der Waals surface area contributed by atoms with Gasteiger partial charge in [-0.15, -0.1) is 0 Å². The van der Waals surface area contributed by atoms with Gasteiger partial charge in [0.05, 0.1) is 12.2 Å². The van der Waals surface area contributed by atoms with Crippen molar-refractivity contribution in [3.05, 3.63) is 65.4 Å². The highest BCUT2D eigenvalue weighted by Gasteiger charge is 2.20. The van der Waals surface area contributed by atoms with Crippen molar-refractivity contribution in [3.63, 3.8) is 0 Å². The first-order chi connectivity index (χ1) is 12.6. The minimum atomic E-state index is -0.0831. The van der Waals surface area contributed by atoms with Crippen LogP contribution in [-0.4, -0.2) is 16.9 Å². The van der Waals surface area contributed by atoms with Crippen LogP contribution in [-0.2, 0) is 6.61 Å². The fourth-order valence-electron chi connectivity index (χ4n) is 3.38. The van der Waals surface area contributed by atoms with E-state index in [-0.39, 0.29) is 11.9 Å². The number of allylic oxidation sites excluding steroid dienone is 2. The van der Waals surface area contributed by atoms with Crippen molar-refractivity contribution >= 4 is 11.7 Å². The first-order valence-corrected chi connectivity index (χ1v) is 8.81. The van der Waals surface area contributed by atoms with E-state index in [2.05, 4.69) is 28.5 Å². The number of pyridine rings is 1. The molecule has 0 fully saturated rings. The van der Waals surface area contributed by atoms with Gasteiger partial charge in [-0.1, -0.05) is 24.3 Å². The molecule has 0 saturated carbocycles. The molecule has 0 saturated heterocycles. The molecule has 1 unspecified atom stereocenters. The van der Waals surface area contributed by atoms with Gasteiger partial charge in [0.15, 0.2) is 0 Å². The normalized spacial score (nSPS) is 16.0. The highest BCUT2D eigenvalue weighted by Crippen LogP contribution is 2.38. The van der Waals surface area contributed by atoms with Crippen molar-refractivity contribution in [2.45, 2.75) is 32.4 Å². The molecule has 26 heavy (non-hydrogen) atoms. The van der Waals surface area contributed by atoms with E-state index in [1.54, 1.807) is 12.3 Å². The molecule has 0 bridgehead atoms. The van der Waals surface area contributed by atoms with Gasteiger partial charge >= 0.3 is 0 Å². The Morgan fingerprint density at radius 3 is 2.96 bits per heavy atom. The van der Waals surface area contributed by atoms with Crippen LogP contribution in [0.4, 0.5) is 5.82 Å². The zero-order valence-corrected chi connectivity index (χ0v) is 14.7. The molecule has 1 aliphatic heterocycles. The molecule has 0 radical (unpaired) electrons. The predicted octanol–water partition coefficient (Wildman–Crippen LogP) is 3.62. The van der Waals surface area contributed by atoms with Crippen LogP contribution in [0.15, 0.2) is 54.3 Å². The molecule has 2 heterocycles. The molecule has 1 aromatic carbocycles. The molecule has 0 spiro atoms. The first kappa shape index (κ1) is 16.4. The molecule has 1 aromatic heterocycles. The van der Waals surface area contributed by atoms with Crippen LogP contribution in [0.2, 0.25) is 0 Å². The molecule has 5 heteroatoms. The lowest BCUT2D eigenvalue weighted by atomic mass is 9.95. The number of hydrogen-bond donors (Lipinski definition) is 2. The first-order valence-electron chi connectivity index (χ1n) is 8.81. The van der Waals surface area contributed by atoms with Gasteiger partial charge in [-0.3, -0.25) is 4.79 Å². The number of nitrogens with two attached hydrogens (primary N) is 1. The number of anilines is 1.